The summed E-state index contributed by atoms with van der Waals surface area (Å²) in [6.07, 6.45) is 0.120. The molecule has 0 aromatic carbocycles. The second-order valence-corrected chi connectivity index (χ2v) is 3.04. The largest absolute Gasteiger partial charge is 0.469 e. The van der Waals surface area contributed by atoms with Gasteiger partial charge in [0.25, 0.3) is 0 Å². The van der Waals surface area contributed by atoms with E-state index in [9.17, 15) is 14.4 Å². The van der Waals surface area contributed by atoms with Gasteiger partial charge < -0.3 is 15.4 Å². The van der Waals surface area contributed by atoms with Crippen molar-refractivity contribution in [3.05, 3.63) is 0 Å². The Bertz CT molecular complexity index is 252. The first-order valence-electron chi connectivity index (χ1n) is 4.59. The lowest BCUT2D eigenvalue weighted by Crippen LogP contribution is -2.44. The van der Waals surface area contributed by atoms with E-state index in [1.165, 1.54) is 14.0 Å². The number of ether oxygens (including phenoxy) is 1. The molecule has 0 saturated heterocycles. The number of nitrogens with one attached hydrogen (secondary N) is 2. The molecule has 0 aliphatic rings. The highest BCUT2D eigenvalue weighted by molar-refractivity contribution is 5.86. The molecule has 2 N–H and O–H groups in total. The van der Waals surface area contributed by atoms with Crippen LogP contribution in [0.5, 0.6) is 0 Å². The monoisotopic (exact) mass is 216 g/mol. The van der Waals surface area contributed by atoms with Crippen LogP contribution in [-0.4, -0.2) is 37.5 Å². The summed E-state index contributed by atoms with van der Waals surface area (Å²) >= 11 is 0. The summed E-state index contributed by atoms with van der Waals surface area (Å²) < 4.78 is 4.40. The van der Waals surface area contributed by atoms with Gasteiger partial charge >= 0.3 is 5.97 Å². The normalized spacial score (nSPS) is 11.4. The first-order chi connectivity index (χ1) is 6.97. The van der Waals surface area contributed by atoms with Crippen LogP contribution < -0.4 is 10.6 Å². The smallest absolute Gasteiger partial charge is 0.307 e. The summed E-state index contributed by atoms with van der Waals surface area (Å²) in [4.78, 5) is 32.6. The summed E-state index contributed by atoms with van der Waals surface area (Å²) in [6, 6.07) is -0.597. The quantitative estimate of drug-likeness (QED) is 0.589. The standard InChI is InChI=1S/C9H16N2O4/c1-6(11-7(2)12)9(14)10-5-4-8(13)15-3/h6H,4-5H2,1-3H3,(H,10,14)(H,11,12)/t6-/m0/s1. The molecule has 0 saturated carbocycles. The van der Waals surface area contributed by atoms with Gasteiger partial charge in [0.1, 0.15) is 6.04 Å². The second kappa shape index (κ2) is 6.80. The number of hydrogen-bond donors (Lipinski definition) is 2. The minimum absolute atomic E-state index is 0.120. The molecule has 86 valence electrons. The van der Waals surface area contributed by atoms with Gasteiger partial charge in [-0.15, -0.1) is 0 Å². The molecule has 0 aromatic rings. The van der Waals surface area contributed by atoms with Crippen molar-refractivity contribution >= 4 is 17.8 Å². The van der Waals surface area contributed by atoms with Gasteiger partial charge in [0.2, 0.25) is 11.8 Å². The van der Waals surface area contributed by atoms with E-state index in [-0.39, 0.29) is 30.7 Å². The minimum atomic E-state index is -0.597. The molecule has 0 aliphatic carbocycles. The lowest BCUT2D eigenvalue weighted by molar-refractivity contribution is -0.140. The molecule has 1 atom stereocenters. The highest BCUT2D eigenvalue weighted by atomic mass is 16.5. The van der Waals surface area contributed by atoms with Crippen molar-refractivity contribution in [1.82, 2.24) is 10.6 Å². The van der Waals surface area contributed by atoms with E-state index in [2.05, 4.69) is 15.4 Å². The topological polar surface area (TPSA) is 84.5 Å². The van der Waals surface area contributed by atoms with Crippen molar-refractivity contribution in [2.24, 2.45) is 0 Å². The molecule has 0 heterocycles. The maximum Gasteiger partial charge on any atom is 0.307 e. The number of amides is 2. The van der Waals surface area contributed by atoms with Crippen molar-refractivity contribution in [3.8, 4) is 0 Å². The second-order valence-electron chi connectivity index (χ2n) is 3.04. The van der Waals surface area contributed by atoms with Gasteiger partial charge in [0.15, 0.2) is 0 Å². The van der Waals surface area contributed by atoms with Crippen molar-refractivity contribution in [2.75, 3.05) is 13.7 Å². The summed E-state index contributed by atoms with van der Waals surface area (Å²) in [5, 5.41) is 4.93. The summed E-state index contributed by atoms with van der Waals surface area (Å²) in [5.41, 5.74) is 0. The molecular weight excluding hydrogens is 200 g/mol. The van der Waals surface area contributed by atoms with Crippen molar-refractivity contribution < 1.29 is 19.1 Å². The first-order valence-corrected chi connectivity index (χ1v) is 4.59. The van der Waals surface area contributed by atoms with E-state index >= 15 is 0 Å². The number of methoxy groups -OCH3 is 1. The fourth-order valence-corrected chi connectivity index (χ4v) is 0.913. The van der Waals surface area contributed by atoms with Gasteiger partial charge in [0.05, 0.1) is 13.5 Å². The third-order valence-electron chi connectivity index (χ3n) is 1.67. The van der Waals surface area contributed by atoms with Gasteiger partial charge in [-0.2, -0.15) is 0 Å². The van der Waals surface area contributed by atoms with Crippen LogP contribution in [0, 0.1) is 0 Å². The van der Waals surface area contributed by atoms with Crippen LogP contribution in [0.15, 0.2) is 0 Å². The molecule has 0 unspecified atom stereocenters. The first kappa shape index (κ1) is 13.4. The molecule has 6 heteroatoms. The third-order valence-corrected chi connectivity index (χ3v) is 1.67. The van der Waals surface area contributed by atoms with Gasteiger partial charge in [-0.1, -0.05) is 0 Å². The Morgan fingerprint density at radius 3 is 2.40 bits per heavy atom. The lowest BCUT2D eigenvalue weighted by atomic mass is 10.3. The van der Waals surface area contributed by atoms with Gasteiger partial charge in [-0.05, 0) is 6.92 Å². The van der Waals surface area contributed by atoms with E-state index in [1.54, 1.807) is 6.92 Å². The highest BCUT2D eigenvalue weighted by Gasteiger charge is 2.13. The summed E-state index contributed by atoms with van der Waals surface area (Å²) in [6.45, 7) is 3.10. The van der Waals surface area contributed by atoms with Crippen LogP contribution >= 0.6 is 0 Å². The number of carbonyl (C=O) groups excluding carboxylic acids is 3. The maximum absolute atomic E-state index is 11.3. The average molecular weight is 216 g/mol. The van der Waals surface area contributed by atoms with Crippen LogP contribution in [0.2, 0.25) is 0 Å². The molecule has 0 aromatic heterocycles. The predicted octanol–water partition coefficient (Wildman–Crippen LogP) is -0.810. The summed E-state index contributed by atoms with van der Waals surface area (Å²) in [5.74, 6) is -0.984. The number of esters is 1. The Hall–Kier alpha value is -1.59. The predicted molar refractivity (Wildman–Crippen MR) is 52.9 cm³/mol. The molecular formula is C9H16N2O4. The van der Waals surface area contributed by atoms with Crippen molar-refractivity contribution in [2.45, 2.75) is 26.3 Å². The number of hydrogen-bond acceptors (Lipinski definition) is 4. The molecule has 0 radical (unpaired) electrons. The van der Waals surface area contributed by atoms with Gasteiger partial charge in [0, 0.05) is 13.5 Å². The molecule has 0 fully saturated rings. The van der Waals surface area contributed by atoms with Crippen molar-refractivity contribution in [1.29, 1.82) is 0 Å². The zero-order valence-electron chi connectivity index (χ0n) is 9.12. The molecule has 0 spiro atoms. The molecule has 0 bridgehead atoms. The Balaban J connectivity index is 3.73. The van der Waals surface area contributed by atoms with E-state index in [4.69, 9.17) is 0 Å². The Labute approximate surface area is 88.4 Å². The minimum Gasteiger partial charge on any atom is -0.469 e. The van der Waals surface area contributed by atoms with E-state index in [1.807, 2.05) is 0 Å². The Kier molecular flexibility index (Phi) is 6.08. The fourth-order valence-electron chi connectivity index (χ4n) is 0.913. The highest BCUT2D eigenvalue weighted by Crippen LogP contribution is 1.85. The molecule has 15 heavy (non-hydrogen) atoms. The third kappa shape index (κ3) is 6.48. The number of carbonyl (C=O) groups is 3. The number of rotatable bonds is 5. The average Bonchev–Trinajstić information content (AvgIpc) is 2.16. The molecule has 2 amide bonds. The molecule has 6 nitrogen and oxygen atoms in total. The van der Waals surface area contributed by atoms with Crippen LogP contribution in [0.1, 0.15) is 20.3 Å². The van der Waals surface area contributed by atoms with Crippen molar-refractivity contribution in [3.63, 3.8) is 0 Å². The van der Waals surface area contributed by atoms with E-state index in [0.29, 0.717) is 0 Å². The van der Waals surface area contributed by atoms with Crippen LogP contribution in [0.25, 0.3) is 0 Å². The maximum atomic E-state index is 11.3. The molecule has 0 rings (SSSR count). The van der Waals surface area contributed by atoms with Gasteiger partial charge in [-0.3, -0.25) is 14.4 Å². The van der Waals surface area contributed by atoms with E-state index < -0.39 is 6.04 Å². The Morgan fingerprint density at radius 2 is 1.93 bits per heavy atom. The van der Waals surface area contributed by atoms with Gasteiger partial charge in [-0.25, -0.2) is 0 Å². The SMILES string of the molecule is COC(=O)CCNC(=O)[C@H](C)NC(C)=O. The zero-order chi connectivity index (χ0) is 11.8. The fraction of sp³-hybridized carbons (Fsp3) is 0.667. The Morgan fingerprint density at radius 1 is 1.33 bits per heavy atom. The zero-order valence-corrected chi connectivity index (χ0v) is 9.12. The molecule has 0 aliphatic heterocycles. The van der Waals surface area contributed by atoms with Crippen LogP contribution in [0.4, 0.5) is 0 Å². The lowest BCUT2D eigenvalue weighted by Gasteiger charge is -2.12. The van der Waals surface area contributed by atoms with E-state index in [0.717, 1.165) is 0 Å². The van der Waals surface area contributed by atoms with Crippen LogP contribution in [0.3, 0.4) is 0 Å². The summed E-state index contributed by atoms with van der Waals surface area (Å²) in [7, 11) is 1.28. The van der Waals surface area contributed by atoms with Crippen LogP contribution in [-0.2, 0) is 19.1 Å².